The SMILES string of the molecule is c1ccc(-c2[nH]ncc2CC2CCCNC2)cc1. The number of benzene rings is 1. The van der Waals surface area contributed by atoms with Crippen LogP contribution in [0.4, 0.5) is 0 Å². The van der Waals surface area contributed by atoms with Crippen LogP contribution in [-0.2, 0) is 6.42 Å². The Morgan fingerprint density at radius 2 is 2.11 bits per heavy atom. The van der Waals surface area contributed by atoms with Crippen molar-refractivity contribution in [2.24, 2.45) is 5.92 Å². The minimum absolute atomic E-state index is 0.749. The first kappa shape index (κ1) is 11.5. The molecule has 0 bridgehead atoms. The molecular formula is C15H19N3. The number of rotatable bonds is 3. The van der Waals surface area contributed by atoms with Gasteiger partial charge in [-0.15, -0.1) is 0 Å². The average Bonchev–Trinajstić information content (AvgIpc) is 2.89. The molecule has 3 nitrogen and oxygen atoms in total. The van der Waals surface area contributed by atoms with E-state index in [1.807, 2.05) is 12.3 Å². The van der Waals surface area contributed by atoms with Gasteiger partial charge in [-0.2, -0.15) is 5.10 Å². The molecule has 0 aliphatic carbocycles. The normalized spacial score (nSPS) is 19.9. The summed E-state index contributed by atoms with van der Waals surface area (Å²) in [5.41, 5.74) is 3.75. The van der Waals surface area contributed by atoms with Gasteiger partial charge in [0.1, 0.15) is 0 Å². The molecule has 0 saturated carbocycles. The molecule has 0 radical (unpaired) electrons. The monoisotopic (exact) mass is 241 g/mol. The standard InChI is InChI=1S/C15H19N3/c1-2-6-13(7-3-1)15-14(11-17-18-15)9-12-5-4-8-16-10-12/h1-3,6-7,11-12,16H,4-5,8-10H2,(H,17,18). The van der Waals surface area contributed by atoms with Crippen molar-refractivity contribution in [3.8, 4) is 11.3 Å². The van der Waals surface area contributed by atoms with Gasteiger partial charge in [0, 0.05) is 0 Å². The van der Waals surface area contributed by atoms with Crippen LogP contribution in [0.5, 0.6) is 0 Å². The van der Waals surface area contributed by atoms with Gasteiger partial charge in [0.15, 0.2) is 0 Å². The molecule has 3 rings (SSSR count). The molecule has 1 fully saturated rings. The molecule has 1 aromatic heterocycles. The summed E-state index contributed by atoms with van der Waals surface area (Å²) in [6.45, 7) is 2.31. The van der Waals surface area contributed by atoms with Crippen molar-refractivity contribution in [2.45, 2.75) is 19.3 Å². The van der Waals surface area contributed by atoms with Crippen LogP contribution >= 0.6 is 0 Å². The van der Waals surface area contributed by atoms with E-state index in [0.717, 1.165) is 18.9 Å². The van der Waals surface area contributed by atoms with Gasteiger partial charge >= 0.3 is 0 Å². The van der Waals surface area contributed by atoms with Crippen molar-refractivity contribution in [1.29, 1.82) is 0 Å². The van der Waals surface area contributed by atoms with Crippen LogP contribution in [0.15, 0.2) is 36.5 Å². The zero-order valence-electron chi connectivity index (χ0n) is 10.5. The Hall–Kier alpha value is -1.61. The van der Waals surface area contributed by atoms with Crippen LogP contribution in [0, 0.1) is 5.92 Å². The molecule has 1 atom stereocenters. The second-order valence-corrected chi connectivity index (χ2v) is 5.05. The highest BCUT2D eigenvalue weighted by Gasteiger charge is 2.16. The topological polar surface area (TPSA) is 40.7 Å². The number of nitrogens with one attached hydrogen (secondary N) is 2. The Morgan fingerprint density at radius 1 is 1.22 bits per heavy atom. The van der Waals surface area contributed by atoms with Gasteiger partial charge < -0.3 is 5.32 Å². The van der Waals surface area contributed by atoms with Crippen LogP contribution in [0.1, 0.15) is 18.4 Å². The van der Waals surface area contributed by atoms with Crippen LogP contribution in [0.25, 0.3) is 11.3 Å². The summed E-state index contributed by atoms with van der Waals surface area (Å²) < 4.78 is 0. The summed E-state index contributed by atoms with van der Waals surface area (Å²) in [6.07, 6.45) is 5.72. The second kappa shape index (κ2) is 5.36. The first-order chi connectivity index (χ1) is 8.93. The molecule has 1 aromatic carbocycles. The minimum Gasteiger partial charge on any atom is -0.316 e. The fourth-order valence-corrected chi connectivity index (χ4v) is 2.73. The number of aromatic nitrogens is 2. The van der Waals surface area contributed by atoms with Crippen molar-refractivity contribution in [1.82, 2.24) is 15.5 Å². The highest BCUT2D eigenvalue weighted by molar-refractivity contribution is 5.62. The molecular weight excluding hydrogens is 222 g/mol. The molecule has 1 aliphatic rings. The van der Waals surface area contributed by atoms with Crippen molar-refractivity contribution in [3.63, 3.8) is 0 Å². The Balaban J connectivity index is 1.79. The van der Waals surface area contributed by atoms with Crippen molar-refractivity contribution in [2.75, 3.05) is 13.1 Å². The minimum atomic E-state index is 0.749. The summed E-state index contributed by atoms with van der Waals surface area (Å²) in [4.78, 5) is 0. The molecule has 1 aliphatic heterocycles. The predicted octanol–water partition coefficient (Wildman–Crippen LogP) is 2.62. The first-order valence-electron chi connectivity index (χ1n) is 6.72. The third-order valence-electron chi connectivity index (χ3n) is 3.69. The molecule has 18 heavy (non-hydrogen) atoms. The van der Waals surface area contributed by atoms with E-state index in [9.17, 15) is 0 Å². The summed E-state index contributed by atoms with van der Waals surface area (Å²) in [7, 11) is 0. The lowest BCUT2D eigenvalue weighted by Gasteiger charge is -2.22. The molecule has 1 unspecified atom stereocenters. The van der Waals surface area contributed by atoms with Gasteiger partial charge in [0.05, 0.1) is 11.9 Å². The number of hydrogen-bond donors (Lipinski definition) is 2. The van der Waals surface area contributed by atoms with Gasteiger partial charge in [0.25, 0.3) is 0 Å². The van der Waals surface area contributed by atoms with Gasteiger partial charge in [-0.1, -0.05) is 30.3 Å². The number of nitrogens with zero attached hydrogens (tertiary/aromatic N) is 1. The van der Waals surface area contributed by atoms with Crippen LogP contribution in [0.3, 0.4) is 0 Å². The van der Waals surface area contributed by atoms with E-state index in [2.05, 4.69) is 39.8 Å². The maximum atomic E-state index is 4.22. The smallest absolute Gasteiger partial charge is 0.0682 e. The maximum Gasteiger partial charge on any atom is 0.0682 e. The van der Waals surface area contributed by atoms with Crippen LogP contribution in [-0.4, -0.2) is 23.3 Å². The quantitative estimate of drug-likeness (QED) is 0.867. The lowest BCUT2D eigenvalue weighted by atomic mass is 9.91. The number of aromatic amines is 1. The molecule has 3 heteroatoms. The Kier molecular flexibility index (Phi) is 3.42. The van der Waals surface area contributed by atoms with Crippen molar-refractivity contribution >= 4 is 0 Å². The molecule has 0 spiro atoms. The zero-order chi connectivity index (χ0) is 12.2. The third-order valence-corrected chi connectivity index (χ3v) is 3.69. The fraction of sp³-hybridized carbons (Fsp3) is 0.400. The van der Waals surface area contributed by atoms with E-state index in [-0.39, 0.29) is 0 Å². The third kappa shape index (κ3) is 2.46. The van der Waals surface area contributed by atoms with Gasteiger partial charge in [0.2, 0.25) is 0 Å². The number of hydrogen-bond acceptors (Lipinski definition) is 2. The first-order valence-corrected chi connectivity index (χ1v) is 6.72. The van der Waals surface area contributed by atoms with Gasteiger partial charge in [-0.3, -0.25) is 5.10 Å². The molecule has 2 heterocycles. The average molecular weight is 241 g/mol. The van der Waals surface area contributed by atoms with E-state index in [4.69, 9.17) is 0 Å². The van der Waals surface area contributed by atoms with E-state index < -0.39 is 0 Å². The summed E-state index contributed by atoms with van der Waals surface area (Å²) >= 11 is 0. The number of piperidine rings is 1. The highest BCUT2D eigenvalue weighted by atomic mass is 15.1. The van der Waals surface area contributed by atoms with Crippen LogP contribution < -0.4 is 5.32 Å². The Labute approximate surface area is 108 Å². The molecule has 0 amide bonds. The predicted molar refractivity (Wildman–Crippen MR) is 73.3 cm³/mol. The maximum absolute atomic E-state index is 4.22. The number of H-pyrrole nitrogens is 1. The van der Waals surface area contributed by atoms with Crippen molar-refractivity contribution < 1.29 is 0 Å². The van der Waals surface area contributed by atoms with Crippen LogP contribution in [0.2, 0.25) is 0 Å². The summed E-state index contributed by atoms with van der Waals surface area (Å²) in [5, 5.41) is 10.8. The Bertz CT molecular complexity index is 483. The highest BCUT2D eigenvalue weighted by Crippen LogP contribution is 2.24. The molecule has 2 N–H and O–H groups in total. The molecule has 2 aromatic rings. The van der Waals surface area contributed by atoms with Crippen molar-refractivity contribution in [3.05, 3.63) is 42.1 Å². The lowest BCUT2D eigenvalue weighted by Crippen LogP contribution is -2.30. The van der Waals surface area contributed by atoms with E-state index in [1.54, 1.807) is 0 Å². The van der Waals surface area contributed by atoms with Gasteiger partial charge in [-0.05, 0) is 49.4 Å². The van der Waals surface area contributed by atoms with E-state index in [0.29, 0.717) is 0 Å². The molecule has 1 saturated heterocycles. The van der Waals surface area contributed by atoms with E-state index >= 15 is 0 Å². The summed E-state index contributed by atoms with van der Waals surface area (Å²) in [6, 6.07) is 10.5. The largest absolute Gasteiger partial charge is 0.316 e. The van der Waals surface area contributed by atoms with E-state index in [1.165, 1.54) is 36.2 Å². The second-order valence-electron chi connectivity index (χ2n) is 5.05. The lowest BCUT2D eigenvalue weighted by molar-refractivity contribution is 0.376. The summed E-state index contributed by atoms with van der Waals surface area (Å²) in [5.74, 6) is 0.749. The molecule has 94 valence electrons. The van der Waals surface area contributed by atoms with Gasteiger partial charge in [-0.25, -0.2) is 0 Å². The Morgan fingerprint density at radius 3 is 2.89 bits per heavy atom. The zero-order valence-corrected chi connectivity index (χ0v) is 10.5. The fourth-order valence-electron chi connectivity index (χ4n) is 2.73.